The van der Waals surface area contributed by atoms with Crippen LogP contribution in [0.2, 0.25) is 0 Å². The monoisotopic (exact) mass is 406 g/mol. The molecule has 0 aliphatic heterocycles. The Morgan fingerprint density at radius 2 is 1.26 bits per heavy atom. The summed E-state index contributed by atoms with van der Waals surface area (Å²) in [6, 6.07) is 29.5. The van der Waals surface area contributed by atoms with Crippen molar-refractivity contribution in [2.75, 3.05) is 11.5 Å². The quantitative estimate of drug-likeness (QED) is 0.374. The van der Waals surface area contributed by atoms with E-state index in [2.05, 4.69) is 12.1 Å². The standard InChI is InChI=1S/C27H22N2O2/c28-20-12-8-18(9-13-20)27(19-10-14-21(29)15-11-19)24-6-2-1-4-17(24)16-23-22(26(30)31)5-3-7-25(23)27/h1-15H,16,28-29H2,(H,30,31). The Labute approximate surface area is 180 Å². The molecule has 0 unspecified atom stereocenters. The number of anilines is 2. The van der Waals surface area contributed by atoms with Crippen LogP contribution in [0.4, 0.5) is 11.4 Å². The summed E-state index contributed by atoms with van der Waals surface area (Å²) in [6.45, 7) is 0. The number of benzene rings is 4. The first-order chi connectivity index (χ1) is 15.0. The second kappa shape index (κ2) is 7.03. The molecule has 1 aliphatic carbocycles. The van der Waals surface area contributed by atoms with Gasteiger partial charge in [0.05, 0.1) is 11.0 Å². The predicted octanol–water partition coefficient (Wildman–Crippen LogP) is 4.84. The predicted molar refractivity (Wildman–Crippen MR) is 123 cm³/mol. The van der Waals surface area contributed by atoms with E-state index < -0.39 is 11.4 Å². The molecule has 0 heterocycles. The summed E-state index contributed by atoms with van der Waals surface area (Å²) in [7, 11) is 0. The number of rotatable bonds is 3. The third kappa shape index (κ3) is 2.80. The van der Waals surface area contributed by atoms with Crippen molar-refractivity contribution in [2.24, 2.45) is 0 Å². The van der Waals surface area contributed by atoms with Gasteiger partial charge in [-0.25, -0.2) is 4.79 Å². The van der Waals surface area contributed by atoms with Crippen molar-refractivity contribution >= 4 is 17.3 Å². The zero-order chi connectivity index (χ0) is 21.6. The molecule has 1 aliphatic rings. The lowest BCUT2D eigenvalue weighted by atomic mass is 9.59. The van der Waals surface area contributed by atoms with Gasteiger partial charge in [0.2, 0.25) is 0 Å². The third-order valence-electron chi connectivity index (χ3n) is 6.29. The molecule has 4 aromatic carbocycles. The zero-order valence-corrected chi connectivity index (χ0v) is 16.9. The summed E-state index contributed by atoms with van der Waals surface area (Å²) in [5, 5.41) is 9.94. The number of nitrogen functional groups attached to an aromatic ring is 2. The minimum Gasteiger partial charge on any atom is -0.478 e. The van der Waals surface area contributed by atoms with Crippen molar-refractivity contribution in [3.63, 3.8) is 0 Å². The molecule has 4 heteroatoms. The molecule has 0 saturated carbocycles. The number of carboxylic acid groups (broad SMARTS) is 1. The van der Waals surface area contributed by atoms with E-state index in [0.29, 0.717) is 23.4 Å². The minimum atomic E-state index is -0.917. The summed E-state index contributed by atoms with van der Waals surface area (Å²) >= 11 is 0. The highest BCUT2D eigenvalue weighted by atomic mass is 16.4. The molecule has 0 aromatic heterocycles. The van der Waals surface area contributed by atoms with Gasteiger partial charge >= 0.3 is 5.97 Å². The summed E-state index contributed by atoms with van der Waals surface area (Å²) in [5.41, 5.74) is 19.2. The van der Waals surface area contributed by atoms with E-state index in [0.717, 1.165) is 33.4 Å². The van der Waals surface area contributed by atoms with Crippen LogP contribution in [0.5, 0.6) is 0 Å². The van der Waals surface area contributed by atoms with Crippen LogP contribution < -0.4 is 11.5 Å². The van der Waals surface area contributed by atoms with Crippen LogP contribution in [-0.4, -0.2) is 11.1 Å². The summed E-state index contributed by atoms with van der Waals surface area (Å²) in [5.74, 6) is -0.917. The molecule has 0 radical (unpaired) electrons. The lowest BCUT2D eigenvalue weighted by Gasteiger charge is -2.42. The van der Waals surface area contributed by atoms with Gasteiger partial charge in [0.1, 0.15) is 0 Å². The maximum Gasteiger partial charge on any atom is 0.335 e. The van der Waals surface area contributed by atoms with Crippen molar-refractivity contribution in [1.29, 1.82) is 0 Å². The number of carbonyl (C=O) groups is 1. The average Bonchev–Trinajstić information content (AvgIpc) is 2.78. The van der Waals surface area contributed by atoms with E-state index in [1.807, 2.05) is 72.8 Å². The van der Waals surface area contributed by atoms with Gasteiger partial charge in [-0.05, 0) is 70.1 Å². The summed E-state index contributed by atoms with van der Waals surface area (Å²) in [4.78, 5) is 12.1. The molecule has 0 amide bonds. The summed E-state index contributed by atoms with van der Waals surface area (Å²) in [6.07, 6.45) is 0.569. The topological polar surface area (TPSA) is 89.3 Å². The second-order valence-electron chi connectivity index (χ2n) is 7.96. The van der Waals surface area contributed by atoms with Crippen molar-refractivity contribution in [2.45, 2.75) is 11.8 Å². The Morgan fingerprint density at radius 1 is 0.710 bits per heavy atom. The van der Waals surface area contributed by atoms with E-state index in [1.54, 1.807) is 6.07 Å². The van der Waals surface area contributed by atoms with Gasteiger partial charge in [-0.3, -0.25) is 0 Å². The van der Waals surface area contributed by atoms with Crippen molar-refractivity contribution in [1.82, 2.24) is 0 Å². The first-order valence-corrected chi connectivity index (χ1v) is 10.2. The fourth-order valence-electron chi connectivity index (χ4n) is 4.96. The van der Waals surface area contributed by atoms with Crippen LogP contribution in [0.3, 0.4) is 0 Å². The lowest BCUT2D eigenvalue weighted by molar-refractivity contribution is 0.0695. The number of fused-ring (bicyclic) bond motifs is 2. The van der Waals surface area contributed by atoms with Gasteiger partial charge in [0.15, 0.2) is 0 Å². The van der Waals surface area contributed by atoms with E-state index >= 15 is 0 Å². The Kier molecular flexibility index (Phi) is 4.29. The van der Waals surface area contributed by atoms with Gasteiger partial charge in [0.25, 0.3) is 0 Å². The molecule has 152 valence electrons. The molecule has 5 rings (SSSR count). The molecule has 0 fully saturated rings. The number of hydrogen-bond acceptors (Lipinski definition) is 3. The highest BCUT2D eigenvalue weighted by Crippen LogP contribution is 2.51. The number of hydrogen-bond donors (Lipinski definition) is 3. The molecule has 0 saturated heterocycles. The Hall–Kier alpha value is -4.05. The van der Waals surface area contributed by atoms with Crippen LogP contribution >= 0.6 is 0 Å². The highest BCUT2D eigenvalue weighted by Gasteiger charge is 2.44. The SMILES string of the molecule is Nc1ccc(C2(c3ccc(N)cc3)c3ccccc3Cc3c(C(=O)O)cccc32)cc1. The smallest absolute Gasteiger partial charge is 0.335 e. The van der Waals surface area contributed by atoms with E-state index in [9.17, 15) is 9.90 Å². The Morgan fingerprint density at radius 3 is 1.84 bits per heavy atom. The molecule has 0 spiro atoms. The van der Waals surface area contributed by atoms with E-state index in [4.69, 9.17) is 11.5 Å². The number of aromatic carboxylic acids is 1. The molecular weight excluding hydrogens is 384 g/mol. The largest absolute Gasteiger partial charge is 0.478 e. The van der Waals surface area contributed by atoms with Gasteiger partial charge in [-0.2, -0.15) is 0 Å². The van der Waals surface area contributed by atoms with Crippen LogP contribution in [0.15, 0.2) is 91.0 Å². The van der Waals surface area contributed by atoms with Gasteiger partial charge in [-0.15, -0.1) is 0 Å². The maximum absolute atomic E-state index is 12.1. The fourth-order valence-corrected chi connectivity index (χ4v) is 4.96. The number of nitrogens with two attached hydrogens (primary N) is 2. The van der Waals surface area contributed by atoms with Crippen LogP contribution in [0.1, 0.15) is 43.7 Å². The molecule has 5 N–H and O–H groups in total. The Bertz CT molecular complexity index is 1250. The number of carboxylic acids is 1. The molecule has 0 atom stereocenters. The molecular formula is C27H22N2O2. The second-order valence-corrected chi connectivity index (χ2v) is 7.96. The van der Waals surface area contributed by atoms with Crippen molar-refractivity contribution < 1.29 is 9.90 Å². The van der Waals surface area contributed by atoms with Gasteiger partial charge in [-0.1, -0.05) is 60.7 Å². The lowest BCUT2D eigenvalue weighted by Crippen LogP contribution is -2.36. The van der Waals surface area contributed by atoms with E-state index in [1.165, 1.54) is 0 Å². The molecule has 4 aromatic rings. The highest BCUT2D eigenvalue weighted by molar-refractivity contribution is 5.91. The van der Waals surface area contributed by atoms with Crippen molar-refractivity contribution in [3.8, 4) is 0 Å². The Balaban J connectivity index is 1.97. The summed E-state index contributed by atoms with van der Waals surface area (Å²) < 4.78 is 0. The van der Waals surface area contributed by atoms with Gasteiger partial charge in [0, 0.05) is 11.4 Å². The van der Waals surface area contributed by atoms with E-state index in [-0.39, 0.29) is 0 Å². The van der Waals surface area contributed by atoms with Crippen LogP contribution in [0.25, 0.3) is 0 Å². The molecule has 4 nitrogen and oxygen atoms in total. The maximum atomic E-state index is 12.1. The minimum absolute atomic E-state index is 0.335. The first kappa shape index (κ1) is 18.9. The van der Waals surface area contributed by atoms with Gasteiger partial charge < -0.3 is 16.6 Å². The average molecular weight is 406 g/mol. The fraction of sp³-hybridized carbons (Fsp3) is 0.0741. The normalized spacial score (nSPS) is 13.8. The molecule has 0 bridgehead atoms. The zero-order valence-electron chi connectivity index (χ0n) is 16.9. The van der Waals surface area contributed by atoms with Crippen LogP contribution in [0, 0.1) is 0 Å². The van der Waals surface area contributed by atoms with Crippen molar-refractivity contribution in [3.05, 3.63) is 130 Å². The molecule has 31 heavy (non-hydrogen) atoms. The third-order valence-corrected chi connectivity index (χ3v) is 6.29. The first-order valence-electron chi connectivity index (χ1n) is 10.2. The van der Waals surface area contributed by atoms with Crippen LogP contribution in [-0.2, 0) is 11.8 Å².